The van der Waals surface area contributed by atoms with Crippen LogP contribution < -0.4 is 0 Å². The standard InChI is InChI=1S/C26H54O8.BrH/c1-2-3-4-5-6-7-8-9-10-11-13-28-15-17-30-19-21-32-23-25-34-26-24-33-22-20-31-18-16-29-14-12-27;/h27H,2-26H2,1H3;1H. The second kappa shape index (κ2) is 36.3. The Labute approximate surface area is 225 Å². The summed E-state index contributed by atoms with van der Waals surface area (Å²) in [5, 5.41) is 8.56. The van der Waals surface area contributed by atoms with Crippen LogP contribution in [-0.4, -0.2) is 104 Å². The summed E-state index contributed by atoms with van der Waals surface area (Å²) in [6, 6.07) is 0. The Bertz CT molecular complexity index is 321. The summed E-state index contributed by atoms with van der Waals surface area (Å²) in [6.07, 6.45) is 13.5. The molecule has 0 rings (SSSR count). The minimum atomic E-state index is 0. The van der Waals surface area contributed by atoms with Gasteiger partial charge in [0, 0.05) is 6.61 Å². The summed E-state index contributed by atoms with van der Waals surface area (Å²) in [6.45, 7) is 10.1. The maximum absolute atomic E-state index is 8.56. The molecule has 0 spiro atoms. The van der Waals surface area contributed by atoms with E-state index in [0.29, 0.717) is 85.9 Å². The molecule has 0 aliphatic rings. The van der Waals surface area contributed by atoms with Crippen molar-refractivity contribution < 1.29 is 38.3 Å². The van der Waals surface area contributed by atoms with Gasteiger partial charge in [-0.2, -0.15) is 0 Å². The van der Waals surface area contributed by atoms with Gasteiger partial charge in [0.1, 0.15) is 0 Å². The number of unbranched alkanes of at least 4 members (excludes halogenated alkanes) is 9. The molecule has 0 aliphatic heterocycles. The fourth-order valence-electron chi connectivity index (χ4n) is 3.18. The number of aliphatic hydroxyl groups is 1. The summed E-state index contributed by atoms with van der Waals surface area (Å²) >= 11 is 0. The van der Waals surface area contributed by atoms with Crippen LogP contribution in [0.5, 0.6) is 0 Å². The van der Waals surface area contributed by atoms with E-state index in [0.717, 1.165) is 13.0 Å². The monoisotopic (exact) mass is 574 g/mol. The molecule has 0 aromatic heterocycles. The van der Waals surface area contributed by atoms with Gasteiger partial charge in [-0.3, -0.25) is 0 Å². The maximum Gasteiger partial charge on any atom is 0.0701 e. The highest BCUT2D eigenvalue weighted by atomic mass is 79.9. The van der Waals surface area contributed by atoms with Crippen LogP contribution in [0, 0.1) is 0 Å². The minimum absolute atomic E-state index is 0. The third kappa shape index (κ3) is 36.4. The molecule has 0 saturated carbocycles. The summed E-state index contributed by atoms with van der Waals surface area (Å²) in [5.41, 5.74) is 0. The van der Waals surface area contributed by atoms with Gasteiger partial charge < -0.3 is 38.3 Å². The van der Waals surface area contributed by atoms with E-state index in [1.807, 2.05) is 0 Å². The molecule has 0 radical (unpaired) electrons. The lowest BCUT2D eigenvalue weighted by molar-refractivity contribution is -0.0215. The van der Waals surface area contributed by atoms with Gasteiger partial charge >= 0.3 is 0 Å². The molecular formula is C26H55BrO8. The molecule has 0 aromatic rings. The zero-order chi connectivity index (χ0) is 24.6. The molecule has 35 heavy (non-hydrogen) atoms. The normalized spacial score (nSPS) is 11.1. The fourth-order valence-corrected chi connectivity index (χ4v) is 3.18. The molecule has 0 fully saturated rings. The molecule has 0 bridgehead atoms. The van der Waals surface area contributed by atoms with E-state index >= 15 is 0 Å². The van der Waals surface area contributed by atoms with Crippen molar-refractivity contribution >= 4 is 17.0 Å². The predicted molar refractivity (Wildman–Crippen MR) is 145 cm³/mol. The number of halogens is 1. The first-order valence-electron chi connectivity index (χ1n) is 13.6. The third-order valence-electron chi connectivity index (χ3n) is 5.11. The van der Waals surface area contributed by atoms with Crippen molar-refractivity contribution in [2.45, 2.75) is 71.1 Å². The van der Waals surface area contributed by atoms with Gasteiger partial charge in [0.15, 0.2) is 0 Å². The minimum Gasteiger partial charge on any atom is -0.394 e. The van der Waals surface area contributed by atoms with Gasteiger partial charge in [0.05, 0.1) is 92.5 Å². The van der Waals surface area contributed by atoms with Crippen LogP contribution in [0.25, 0.3) is 0 Å². The number of hydrogen-bond donors (Lipinski definition) is 1. The highest BCUT2D eigenvalue weighted by molar-refractivity contribution is 8.93. The second-order valence-electron chi connectivity index (χ2n) is 8.19. The first-order chi connectivity index (χ1) is 16.9. The van der Waals surface area contributed by atoms with Gasteiger partial charge in [0.25, 0.3) is 0 Å². The van der Waals surface area contributed by atoms with Crippen LogP contribution in [0.15, 0.2) is 0 Å². The van der Waals surface area contributed by atoms with Crippen molar-refractivity contribution in [1.82, 2.24) is 0 Å². The van der Waals surface area contributed by atoms with Crippen LogP contribution in [0.1, 0.15) is 71.1 Å². The molecule has 0 atom stereocenters. The average molecular weight is 576 g/mol. The Hall–Kier alpha value is 0.160. The topological polar surface area (TPSA) is 84.8 Å². The van der Waals surface area contributed by atoms with Gasteiger partial charge in [-0.25, -0.2) is 0 Å². The summed E-state index contributed by atoms with van der Waals surface area (Å²) in [5.74, 6) is 0. The Kier molecular flexibility index (Phi) is 38.7. The molecule has 214 valence electrons. The van der Waals surface area contributed by atoms with Gasteiger partial charge in [-0.15, -0.1) is 17.0 Å². The quantitative estimate of drug-likeness (QED) is 0.120. The van der Waals surface area contributed by atoms with E-state index in [9.17, 15) is 0 Å². The molecule has 0 aliphatic carbocycles. The van der Waals surface area contributed by atoms with Gasteiger partial charge in [-0.1, -0.05) is 64.7 Å². The molecule has 8 nitrogen and oxygen atoms in total. The molecule has 1 N–H and O–H groups in total. The van der Waals surface area contributed by atoms with Crippen LogP contribution in [0.4, 0.5) is 0 Å². The van der Waals surface area contributed by atoms with E-state index in [1.165, 1.54) is 57.8 Å². The molecule has 0 saturated heterocycles. The van der Waals surface area contributed by atoms with Crippen LogP contribution in [0.3, 0.4) is 0 Å². The number of hydrogen-bond acceptors (Lipinski definition) is 8. The lowest BCUT2D eigenvalue weighted by atomic mass is 10.1. The average Bonchev–Trinajstić information content (AvgIpc) is 2.85. The smallest absolute Gasteiger partial charge is 0.0701 e. The molecule has 9 heteroatoms. The van der Waals surface area contributed by atoms with Crippen LogP contribution in [-0.2, 0) is 33.2 Å². The van der Waals surface area contributed by atoms with E-state index in [4.69, 9.17) is 38.3 Å². The lowest BCUT2D eigenvalue weighted by Gasteiger charge is -2.08. The molecular weight excluding hydrogens is 520 g/mol. The lowest BCUT2D eigenvalue weighted by Crippen LogP contribution is -2.14. The predicted octanol–water partition coefficient (Wildman–Crippen LogP) is 4.59. The van der Waals surface area contributed by atoms with E-state index < -0.39 is 0 Å². The van der Waals surface area contributed by atoms with E-state index in [-0.39, 0.29) is 23.6 Å². The second-order valence-corrected chi connectivity index (χ2v) is 8.19. The Morgan fingerprint density at radius 1 is 0.343 bits per heavy atom. The van der Waals surface area contributed by atoms with Crippen molar-refractivity contribution in [3.63, 3.8) is 0 Å². The Morgan fingerprint density at radius 2 is 0.600 bits per heavy atom. The Morgan fingerprint density at radius 3 is 0.914 bits per heavy atom. The van der Waals surface area contributed by atoms with Gasteiger partial charge in [0.2, 0.25) is 0 Å². The summed E-state index contributed by atoms with van der Waals surface area (Å²) in [4.78, 5) is 0. The summed E-state index contributed by atoms with van der Waals surface area (Å²) < 4.78 is 37.9. The zero-order valence-electron chi connectivity index (χ0n) is 22.4. The fraction of sp³-hybridized carbons (Fsp3) is 1.00. The van der Waals surface area contributed by atoms with Crippen LogP contribution in [0.2, 0.25) is 0 Å². The Balaban J connectivity index is 0. The van der Waals surface area contributed by atoms with Crippen molar-refractivity contribution in [3.8, 4) is 0 Å². The highest BCUT2D eigenvalue weighted by Crippen LogP contribution is 2.10. The zero-order valence-corrected chi connectivity index (χ0v) is 24.1. The van der Waals surface area contributed by atoms with E-state index in [2.05, 4.69) is 6.92 Å². The van der Waals surface area contributed by atoms with Crippen molar-refractivity contribution in [2.24, 2.45) is 0 Å². The highest BCUT2D eigenvalue weighted by Gasteiger charge is 1.96. The van der Waals surface area contributed by atoms with Gasteiger partial charge in [-0.05, 0) is 6.42 Å². The van der Waals surface area contributed by atoms with E-state index in [1.54, 1.807) is 0 Å². The third-order valence-corrected chi connectivity index (χ3v) is 5.11. The largest absolute Gasteiger partial charge is 0.394 e. The number of aliphatic hydroxyl groups excluding tert-OH is 1. The maximum atomic E-state index is 8.56. The SMILES string of the molecule is Br.CCCCCCCCCCCCOCCOCCOCCOCCOCCOCCOCCO. The van der Waals surface area contributed by atoms with Crippen molar-refractivity contribution in [1.29, 1.82) is 0 Å². The first kappa shape index (κ1) is 37.3. The molecule has 0 aromatic carbocycles. The first-order valence-corrected chi connectivity index (χ1v) is 13.6. The molecule has 0 unspecified atom stereocenters. The van der Waals surface area contributed by atoms with Crippen LogP contribution >= 0.6 is 17.0 Å². The number of ether oxygens (including phenoxy) is 7. The molecule has 0 heterocycles. The summed E-state index contributed by atoms with van der Waals surface area (Å²) in [7, 11) is 0. The number of rotatable bonds is 31. The van der Waals surface area contributed by atoms with Crippen molar-refractivity contribution in [3.05, 3.63) is 0 Å². The van der Waals surface area contributed by atoms with Crippen molar-refractivity contribution in [2.75, 3.05) is 99.1 Å². The molecule has 0 amide bonds.